The summed E-state index contributed by atoms with van der Waals surface area (Å²) in [7, 11) is 0. The van der Waals surface area contributed by atoms with E-state index in [1.54, 1.807) is 32.0 Å². The standard InChI is InChI=1S/C22H25N3O4/c1-13-14(2)20(26)15(3)21-19(13)24-17-5-4-16(12-18(17)29-21)22(27)23-6-7-25-8-10-28-11-9-25/h4-5,12H,6-11H2,1-3H3,(H,23,27). The highest BCUT2D eigenvalue weighted by Gasteiger charge is 2.20. The van der Waals surface area contributed by atoms with Crippen LogP contribution in [0, 0.1) is 20.8 Å². The lowest BCUT2D eigenvalue weighted by atomic mass is 9.99. The zero-order chi connectivity index (χ0) is 20.5. The van der Waals surface area contributed by atoms with E-state index in [4.69, 9.17) is 9.15 Å². The van der Waals surface area contributed by atoms with Crippen LogP contribution in [0.15, 0.2) is 27.4 Å². The van der Waals surface area contributed by atoms with E-state index in [1.807, 2.05) is 6.92 Å². The van der Waals surface area contributed by atoms with Crippen molar-refractivity contribution in [2.75, 3.05) is 39.4 Å². The quantitative estimate of drug-likeness (QED) is 0.683. The van der Waals surface area contributed by atoms with Crippen LogP contribution in [-0.2, 0) is 4.74 Å². The second-order valence-electron chi connectivity index (χ2n) is 7.49. The van der Waals surface area contributed by atoms with Crippen LogP contribution in [0.3, 0.4) is 0 Å². The first-order valence-electron chi connectivity index (χ1n) is 9.88. The van der Waals surface area contributed by atoms with Crippen molar-refractivity contribution in [1.29, 1.82) is 0 Å². The van der Waals surface area contributed by atoms with E-state index >= 15 is 0 Å². The van der Waals surface area contributed by atoms with Crippen molar-refractivity contribution in [1.82, 2.24) is 15.2 Å². The van der Waals surface area contributed by atoms with Crippen molar-refractivity contribution >= 4 is 17.0 Å². The van der Waals surface area contributed by atoms with E-state index in [2.05, 4.69) is 15.2 Å². The number of carbonyl (C=O) groups is 1. The summed E-state index contributed by atoms with van der Waals surface area (Å²) in [6, 6.07) is 5.22. The summed E-state index contributed by atoms with van der Waals surface area (Å²) in [5, 5.41) is 2.95. The first kappa shape index (κ1) is 19.5. The smallest absolute Gasteiger partial charge is 0.251 e. The maximum Gasteiger partial charge on any atom is 0.251 e. The van der Waals surface area contributed by atoms with Gasteiger partial charge >= 0.3 is 0 Å². The summed E-state index contributed by atoms with van der Waals surface area (Å²) < 4.78 is 11.4. The maximum atomic E-state index is 12.5. The second kappa shape index (κ2) is 7.93. The molecule has 0 spiro atoms. The number of nitrogens with zero attached hydrogens (tertiary/aromatic N) is 2. The van der Waals surface area contributed by atoms with Gasteiger partial charge in [0.1, 0.15) is 11.2 Å². The highest BCUT2D eigenvalue weighted by molar-refractivity contribution is 5.97. The van der Waals surface area contributed by atoms with Gasteiger partial charge < -0.3 is 14.5 Å². The minimum absolute atomic E-state index is 0.0306. The number of benzene rings is 2. The van der Waals surface area contributed by atoms with E-state index in [-0.39, 0.29) is 11.3 Å². The summed E-state index contributed by atoms with van der Waals surface area (Å²) in [5.74, 6) is 0.326. The van der Waals surface area contributed by atoms with Crippen molar-refractivity contribution in [3.05, 3.63) is 50.7 Å². The molecule has 1 fully saturated rings. The van der Waals surface area contributed by atoms with Gasteiger partial charge in [-0.1, -0.05) is 0 Å². The number of morpholine rings is 1. The van der Waals surface area contributed by atoms with Gasteiger partial charge in [-0.3, -0.25) is 14.5 Å². The maximum absolute atomic E-state index is 12.5. The van der Waals surface area contributed by atoms with Gasteiger partial charge in [-0.15, -0.1) is 0 Å². The highest BCUT2D eigenvalue weighted by atomic mass is 16.5. The van der Waals surface area contributed by atoms with Crippen LogP contribution in [0.5, 0.6) is 0 Å². The molecule has 1 aromatic rings. The predicted octanol–water partition coefficient (Wildman–Crippen LogP) is 2.28. The summed E-state index contributed by atoms with van der Waals surface area (Å²) in [6.45, 7) is 10.1. The Morgan fingerprint density at radius 2 is 1.90 bits per heavy atom. The van der Waals surface area contributed by atoms with Crippen molar-refractivity contribution < 1.29 is 13.9 Å². The van der Waals surface area contributed by atoms with Gasteiger partial charge in [0.2, 0.25) is 0 Å². The second-order valence-corrected chi connectivity index (χ2v) is 7.49. The molecule has 0 bridgehead atoms. The van der Waals surface area contributed by atoms with Gasteiger partial charge in [-0.2, -0.15) is 0 Å². The van der Waals surface area contributed by atoms with E-state index in [1.165, 1.54) is 0 Å². The van der Waals surface area contributed by atoms with Crippen LogP contribution >= 0.6 is 0 Å². The minimum atomic E-state index is -0.156. The molecular weight excluding hydrogens is 370 g/mol. The summed E-state index contributed by atoms with van der Waals surface area (Å²) in [4.78, 5) is 31.9. The number of carbonyl (C=O) groups excluding carboxylic acids is 1. The Morgan fingerprint density at radius 1 is 1.14 bits per heavy atom. The van der Waals surface area contributed by atoms with E-state index in [9.17, 15) is 9.59 Å². The van der Waals surface area contributed by atoms with Crippen molar-refractivity contribution in [2.45, 2.75) is 20.8 Å². The molecule has 152 valence electrons. The average Bonchev–Trinajstić information content (AvgIpc) is 2.75. The van der Waals surface area contributed by atoms with Crippen LogP contribution in [0.25, 0.3) is 22.6 Å². The topological polar surface area (TPSA) is 84.7 Å². The first-order valence-corrected chi connectivity index (χ1v) is 9.88. The lowest BCUT2D eigenvalue weighted by Gasteiger charge is -2.26. The van der Waals surface area contributed by atoms with Gasteiger partial charge in [0.25, 0.3) is 5.91 Å². The van der Waals surface area contributed by atoms with Crippen LogP contribution in [0.2, 0.25) is 0 Å². The molecule has 0 atom stereocenters. The Bertz CT molecular complexity index is 1100. The molecule has 7 nitrogen and oxygen atoms in total. The zero-order valence-electron chi connectivity index (χ0n) is 17.0. The lowest BCUT2D eigenvalue weighted by Crippen LogP contribution is -2.41. The minimum Gasteiger partial charge on any atom is -0.452 e. The summed E-state index contributed by atoms with van der Waals surface area (Å²) in [5.41, 5.74) is 4.37. The number of hydrogen-bond acceptors (Lipinski definition) is 6. The normalized spacial score (nSPS) is 15.1. The van der Waals surface area contributed by atoms with Crippen LogP contribution in [-0.4, -0.2) is 55.2 Å². The predicted molar refractivity (Wildman–Crippen MR) is 111 cm³/mol. The molecule has 4 rings (SSSR count). The Labute approximate surface area is 169 Å². The third kappa shape index (κ3) is 3.75. The fraction of sp³-hybridized carbons (Fsp3) is 0.409. The molecular formula is C22H25N3O4. The number of fused-ring (bicyclic) bond motifs is 2. The third-order valence-corrected chi connectivity index (χ3v) is 5.64. The summed E-state index contributed by atoms with van der Waals surface area (Å²) in [6.07, 6.45) is 0. The van der Waals surface area contributed by atoms with Gasteiger partial charge in [0, 0.05) is 42.9 Å². The largest absolute Gasteiger partial charge is 0.452 e. The van der Waals surface area contributed by atoms with Gasteiger partial charge in [-0.05, 0) is 44.5 Å². The van der Waals surface area contributed by atoms with Crippen LogP contribution in [0.4, 0.5) is 0 Å². The van der Waals surface area contributed by atoms with Crippen molar-refractivity contribution in [2.24, 2.45) is 0 Å². The molecule has 2 heterocycles. The molecule has 1 amide bonds. The number of rotatable bonds is 4. The number of nitrogens with one attached hydrogen (secondary N) is 1. The molecule has 0 radical (unpaired) electrons. The van der Waals surface area contributed by atoms with Gasteiger partial charge in [0.15, 0.2) is 16.8 Å². The van der Waals surface area contributed by atoms with Crippen LogP contribution in [0.1, 0.15) is 27.0 Å². The number of ether oxygens (including phenoxy) is 1. The van der Waals surface area contributed by atoms with E-state index < -0.39 is 0 Å². The Hall–Kier alpha value is -2.77. The summed E-state index contributed by atoms with van der Waals surface area (Å²) >= 11 is 0. The molecule has 0 aromatic heterocycles. The molecule has 7 heteroatoms. The fourth-order valence-corrected chi connectivity index (χ4v) is 3.65. The molecule has 1 aromatic carbocycles. The molecule has 0 unspecified atom stereocenters. The SMILES string of the molecule is Cc1c2nc3ccc(C(=O)NCCN4CCOCC4)cc3oc-2c(C)c(=O)c1C. The third-order valence-electron chi connectivity index (χ3n) is 5.64. The highest BCUT2D eigenvalue weighted by Crippen LogP contribution is 2.30. The molecule has 2 aliphatic heterocycles. The van der Waals surface area contributed by atoms with Gasteiger partial charge in [-0.25, -0.2) is 4.98 Å². The molecule has 1 saturated heterocycles. The number of aromatic nitrogens is 1. The molecule has 29 heavy (non-hydrogen) atoms. The Kier molecular flexibility index (Phi) is 5.34. The fourth-order valence-electron chi connectivity index (χ4n) is 3.65. The number of hydrogen-bond donors (Lipinski definition) is 1. The van der Waals surface area contributed by atoms with E-state index in [0.717, 1.165) is 38.4 Å². The molecule has 1 N–H and O–H groups in total. The number of amides is 1. The first-order chi connectivity index (χ1) is 14.0. The lowest BCUT2D eigenvalue weighted by molar-refractivity contribution is 0.0383. The van der Waals surface area contributed by atoms with E-state index in [0.29, 0.717) is 45.8 Å². The Balaban J connectivity index is 1.58. The van der Waals surface area contributed by atoms with Crippen LogP contribution < -0.4 is 10.7 Å². The average molecular weight is 395 g/mol. The van der Waals surface area contributed by atoms with Gasteiger partial charge in [0.05, 0.1) is 13.2 Å². The molecule has 3 aliphatic rings. The monoisotopic (exact) mass is 395 g/mol. The molecule has 1 aliphatic carbocycles. The Morgan fingerprint density at radius 3 is 2.66 bits per heavy atom. The van der Waals surface area contributed by atoms with Crippen molar-refractivity contribution in [3.8, 4) is 11.5 Å². The zero-order valence-corrected chi connectivity index (χ0v) is 17.0. The molecule has 0 saturated carbocycles. The van der Waals surface area contributed by atoms with Crippen molar-refractivity contribution in [3.63, 3.8) is 0 Å².